The Bertz CT molecular complexity index is 699. The van der Waals surface area contributed by atoms with Gasteiger partial charge < -0.3 is 10.2 Å². The summed E-state index contributed by atoms with van der Waals surface area (Å²) in [6.45, 7) is 3.89. The number of aryl methyl sites for hydroxylation is 1. The van der Waals surface area contributed by atoms with Gasteiger partial charge in [-0.2, -0.15) is 0 Å². The van der Waals surface area contributed by atoms with E-state index in [2.05, 4.69) is 39.4 Å². The lowest BCUT2D eigenvalue weighted by Crippen LogP contribution is -2.39. The predicted molar refractivity (Wildman–Crippen MR) is 92.9 cm³/mol. The van der Waals surface area contributed by atoms with Crippen molar-refractivity contribution in [1.29, 1.82) is 0 Å². The van der Waals surface area contributed by atoms with Gasteiger partial charge in [0.15, 0.2) is 0 Å². The first-order chi connectivity index (χ1) is 10.6. The molecule has 114 valence electrons. The molecule has 3 nitrogen and oxygen atoms in total. The highest BCUT2D eigenvalue weighted by Crippen LogP contribution is 2.21. The molecule has 0 saturated carbocycles. The Morgan fingerprint density at radius 2 is 2.00 bits per heavy atom. The topological polar surface area (TPSA) is 32.3 Å². The Labute approximate surface area is 139 Å². The smallest absolute Gasteiger partial charge is 0.242 e. The zero-order valence-corrected chi connectivity index (χ0v) is 14.2. The standard InChI is InChI=1S/C18H19BrN2O/c1-13-6-7-16(10-17(13)19)20-11-18(22)21-9-8-14-4-2-3-5-15(14)12-21/h2-7,10,20H,8-9,11-12H2,1H3. The normalized spacial score (nSPS) is 13.6. The number of hydrogen-bond donors (Lipinski definition) is 1. The Morgan fingerprint density at radius 3 is 2.77 bits per heavy atom. The fourth-order valence-corrected chi connectivity index (χ4v) is 3.08. The van der Waals surface area contributed by atoms with E-state index in [9.17, 15) is 4.79 Å². The molecule has 0 bridgehead atoms. The van der Waals surface area contributed by atoms with Crippen LogP contribution in [-0.4, -0.2) is 23.9 Å². The molecule has 22 heavy (non-hydrogen) atoms. The van der Waals surface area contributed by atoms with Crippen LogP contribution in [-0.2, 0) is 17.8 Å². The SMILES string of the molecule is Cc1ccc(NCC(=O)N2CCc3ccccc3C2)cc1Br. The maximum absolute atomic E-state index is 12.4. The number of benzene rings is 2. The molecule has 0 aromatic heterocycles. The average molecular weight is 359 g/mol. The van der Waals surface area contributed by atoms with E-state index in [1.165, 1.54) is 16.7 Å². The number of halogens is 1. The van der Waals surface area contributed by atoms with Crippen LogP contribution >= 0.6 is 15.9 Å². The molecule has 4 heteroatoms. The monoisotopic (exact) mass is 358 g/mol. The molecule has 0 atom stereocenters. The van der Waals surface area contributed by atoms with Crippen LogP contribution in [0.25, 0.3) is 0 Å². The molecule has 0 saturated heterocycles. The zero-order chi connectivity index (χ0) is 15.5. The van der Waals surface area contributed by atoms with Crippen LogP contribution in [0.3, 0.4) is 0 Å². The molecule has 1 heterocycles. The molecule has 3 rings (SSSR count). The van der Waals surface area contributed by atoms with Crippen molar-refractivity contribution in [1.82, 2.24) is 4.90 Å². The highest BCUT2D eigenvalue weighted by Gasteiger charge is 2.19. The molecular formula is C18H19BrN2O. The highest BCUT2D eigenvalue weighted by molar-refractivity contribution is 9.10. The number of carbonyl (C=O) groups is 1. The van der Waals surface area contributed by atoms with E-state index >= 15 is 0 Å². The van der Waals surface area contributed by atoms with Crippen LogP contribution in [0.4, 0.5) is 5.69 Å². The number of rotatable bonds is 3. The van der Waals surface area contributed by atoms with Crippen molar-refractivity contribution in [3.63, 3.8) is 0 Å². The van der Waals surface area contributed by atoms with Gasteiger partial charge in [-0.1, -0.05) is 46.3 Å². The molecule has 1 aliphatic heterocycles. The molecule has 2 aromatic rings. The van der Waals surface area contributed by atoms with Crippen molar-refractivity contribution < 1.29 is 4.79 Å². The van der Waals surface area contributed by atoms with Gasteiger partial charge in [0.2, 0.25) is 5.91 Å². The van der Waals surface area contributed by atoms with Gasteiger partial charge in [0, 0.05) is 23.2 Å². The fourth-order valence-electron chi connectivity index (χ4n) is 2.70. The second-order valence-corrected chi connectivity index (χ2v) is 6.51. The third kappa shape index (κ3) is 3.33. The van der Waals surface area contributed by atoms with E-state index < -0.39 is 0 Å². The van der Waals surface area contributed by atoms with E-state index in [1.54, 1.807) is 0 Å². The summed E-state index contributed by atoms with van der Waals surface area (Å²) in [7, 11) is 0. The summed E-state index contributed by atoms with van der Waals surface area (Å²) < 4.78 is 1.05. The number of nitrogens with zero attached hydrogens (tertiary/aromatic N) is 1. The third-order valence-corrected chi connectivity index (χ3v) is 4.95. The molecule has 0 spiro atoms. The van der Waals surface area contributed by atoms with Crippen molar-refractivity contribution in [3.05, 3.63) is 63.6 Å². The van der Waals surface area contributed by atoms with Crippen molar-refractivity contribution >= 4 is 27.5 Å². The minimum Gasteiger partial charge on any atom is -0.376 e. The van der Waals surface area contributed by atoms with Gasteiger partial charge in [-0.3, -0.25) is 4.79 Å². The lowest BCUT2D eigenvalue weighted by Gasteiger charge is -2.29. The van der Waals surface area contributed by atoms with Crippen LogP contribution in [0, 0.1) is 6.92 Å². The Kier molecular flexibility index (Phi) is 4.48. The second-order valence-electron chi connectivity index (χ2n) is 5.65. The molecule has 1 N–H and O–H groups in total. The molecule has 1 aliphatic rings. The Balaban J connectivity index is 1.60. The van der Waals surface area contributed by atoms with Gasteiger partial charge in [0.25, 0.3) is 0 Å². The quantitative estimate of drug-likeness (QED) is 0.905. The largest absolute Gasteiger partial charge is 0.376 e. The van der Waals surface area contributed by atoms with Gasteiger partial charge in [-0.25, -0.2) is 0 Å². The van der Waals surface area contributed by atoms with Crippen LogP contribution < -0.4 is 5.32 Å². The summed E-state index contributed by atoms with van der Waals surface area (Å²) in [6, 6.07) is 14.4. The van der Waals surface area contributed by atoms with E-state index in [-0.39, 0.29) is 5.91 Å². The second kappa shape index (κ2) is 6.53. The molecular weight excluding hydrogens is 340 g/mol. The van der Waals surface area contributed by atoms with Crippen LogP contribution in [0.5, 0.6) is 0 Å². The maximum atomic E-state index is 12.4. The fraction of sp³-hybridized carbons (Fsp3) is 0.278. The molecule has 0 fully saturated rings. The van der Waals surface area contributed by atoms with Crippen LogP contribution in [0.2, 0.25) is 0 Å². The van der Waals surface area contributed by atoms with E-state index in [0.717, 1.165) is 23.1 Å². The first-order valence-electron chi connectivity index (χ1n) is 7.48. The van der Waals surface area contributed by atoms with Crippen molar-refractivity contribution in [3.8, 4) is 0 Å². The van der Waals surface area contributed by atoms with Crippen LogP contribution in [0.15, 0.2) is 46.9 Å². The van der Waals surface area contributed by atoms with E-state index in [1.807, 2.05) is 36.1 Å². The summed E-state index contributed by atoms with van der Waals surface area (Å²) in [6.07, 6.45) is 0.942. The van der Waals surface area contributed by atoms with Gasteiger partial charge in [-0.05, 0) is 42.2 Å². The average Bonchev–Trinajstić information content (AvgIpc) is 2.55. The van der Waals surface area contributed by atoms with Crippen molar-refractivity contribution in [2.45, 2.75) is 19.9 Å². The number of nitrogens with one attached hydrogen (secondary N) is 1. The van der Waals surface area contributed by atoms with Crippen molar-refractivity contribution in [2.75, 3.05) is 18.4 Å². The Hall–Kier alpha value is -1.81. The number of fused-ring (bicyclic) bond motifs is 1. The molecule has 0 unspecified atom stereocenters. The first-order valence-corrected chi connectivity index (χ1v) is 8.27. The van der Waals surface area contributed by atoms with Crippen LogP contribution in [0.1, 0.15) is 16.7 Å². The summed E-state index contributed by atoms with van der Waals surface area (Å²) in [5, 5.41) is 3.21. The summed E-state index contributed by atoms with van der Waals surface area (Å²) in [5.74, 6) is 0.145. The molecule has 0 radical (unpaired) electrons. The maximum Gasteiger partial charge on any atom is 0.242 e. The van der Waals surface area contributed by atoms with Gasteiger partial charge in [0.1, 0.15) is 0 Å². The van der Waals surface area contributed by atoms with Crippen molar-refractivity contribution in [2.24, 2.45) is 0 Å². The number of hydrogen-bond acceptors (Lipinski definition) is 2. The Morgan fingerprint density at radius 1 is 1.23 bits per heavy atom. The molecule has 1 amide bonds. The first kappa shape index (κ1) is 15.1. The van der Waals surface area contributed by atoms with E-state index in [0.29, 0.717) is 13.1 Å². The van der Waals surface area contributed by atoms with Gasteiger partial charge >= 0.3 is 0 Å². The van der Waals surface area contributed by atoms with Gasteiger partial charge in [0.05, 0.1) is 6.54 Å². The van der Waals surface area contributed by atoms with E-state index in [4.69, 9.17) is 0 Å². The minimum absolute atomic E-state index is 0.145. The summed E-state index contributed by atoms with van der Waals surface area (Å²) in [5.41, 5.74) is 4.77. The van der Waals surface area contributed by atoms with Gasteiger partial charge in [-0.15, -0.1) is 0 Å². The lowest BCUT2D eigenvalue weighted by molar-refractivity contribution is -0.130. The number of amides is 1. The molecule has 2 aromatic carbocycles. The lowest BCUT2D eigenvalue weighted by atomic mass is 10.00. The number of anilines is 1. The minimum atomic E-state index is 0.145. The molecule has 0 aliphatic carbocycles. The summed E-state index contributed by atoms with van der Waals surface area (Å²) >= 11 is 3.51. The third-order valence-electron chi connectivity index (χ3n) is 4.10. The predicted octanol–water partition coefficient (Wildman–Crippen LogP) is 3.75. The highest BCUT2D eigenvalue weighted by atomic mass is 79.9. The number of carbonyl (C=O) groups excluding carboxylic acids is 1. The summed E-state index contributed by atoms with van der Waals surface area (Å²) in [4.78, 5) is 14.3. The zero-order valence-electron chi connectivity index (χ0n) is 12.6.